The standard InChI is InChI=1S/C17H10Cl2N2O2/c1-8-2-5-14-13(6-8)21-17(23-14)12-4-3-9-10(18)7-11(19)16(22)15(9)20-12/h2-7,22H,1H3. The van der Waals surface area contributed by atoms with Gasteiger partial charge in [-0.2, -0.15) is 0 Å². The number of pyridine rings is 1. The number of nitrogens with zero attached hydrogens (tertiary/aromatic N) is 2. The average molecular weight is 345 g/mol. The van der Waals surface area contributed by atoms with E-state index in [0.29, 0.717) is 33.1 Å². The van der Waals surface area contributed by atoms with Gasteiger partial charge in [-0.3, -0.25) is 0 Å². The Morgan fingerprint density at radius 2 is 1.83 bits per heavy atom. The Labute approximate surface area is 141 Å². The molecule has 0 saturated carbocycles. The van der Waals surface area contributed by atoms with Crippen molar-refractivity contribution in [2.75, 3.05) is 0 Å². The molecule has 6 heteroatoms. The van der Waals surface area contributed by atoms with Gasteiger partial charge in [-0.05, 0) is 42.8 Å². The van der Waals surface area contributed by atoms with Crippen molar-refractivity contribution < 1.29 is 9.52 Å². The van der Waals surface area contributed by atoms with Crippen molar-refractivity contribution in [3.8, 4) is 17.3 Å². The van der Waals surface area contributed by atoms with Crippen molar-refractivity contribution in [3.05, 3.63) is 52.0 Å². The summed E-state index contributed by atoms with van der Waals surface area (Å²) in [5.41, 5.74) is 3.36. The van der Waals surface area contributed by atoms with Gasteiger partial charge in [0.1, 0.15) is 16.7 Å². The van der Waals surface area contributed by atoms with Crippen LogP contribution < -0.4 is 0 Å². The molecule has 114 valence electrons. The third-order valence-electron chi connectivity index (χ3n) is 3.62. The van der Waals surface area contributed by atoms with Crippen LogP contribution >= 0.6 is 23.2 Å². The highest BCUT2D eigenvalue weighted by Crippen LogP contribution is 2.37. The van der Waals surface area contributed by atoms with Gasteiger partial charge >= 0.3 is 0 Å². The molecule has 4 nitrogen and oxygen atoms in total. The lowest BCUT2D eigenvalue weighted by Gasteiger charge is -2.05. The fraction of sp³-hybridized carbons (Fsp3) is 0.0588. The molecule has 0 fully saturated rings. The van der Waals surface area contributed by atoms with Crippen LogP contribution in [-0.4, -0.2) is 15.1 Å². The lowest BCUT2D eigenvalue weighted by atomic mass is 10.2. The van der Waals surface area contributed by atoms with Crippen molar-refractivity contribution >= 4 is 45.2 Å². The van der Waals surface area contributed by atoms with E-state index in [4.69, 9.17) is 27.6 Å². The number of aryl methyl sites for hydroxylation is 1. The molecule has 0 spiro atoms. The number of phenols is 1. The highest BCUT2D eigenvalue weighted by molar-refractivity contribution is 6.39. The maximum Gasteiger partial charge on any atom is 0.246 e. The molecule has 0 unspecified atom stereocenters. The van der Waals surface area contributed by atoms with Crippen LogP contribution in [0, 0.1) is 6.92 Å². The van der Waals surface area contributed by atoms with Gasteiger partial charge in [0, 0.05) is 5.39 Å². The Hall–Kier alpha value is -2.30. The van der Waals surface area contributed by atoms with E-state index in [9.17, 15) is 5.11 Å². The number of halogens is 2. The van der Waals surface area contributed by atoms with Crippen molar-refractivity contribution in [2.24, 2.45) is 0 Å². The maximum atomic E-state index is 10.1. The molecule has 1 N–H and O–H groups in total. The largest absolute Gasteiger partial charge is 0.504 e. The number of benzene rings is 2. The molecule has 4 aromatic rings. The van der Waals surface area contributed by atoms with Crippen LogP contribution in [0.4, 0.5) is 0 Å². The predicted octanol–water partition coefficient (Wildman–Crippen LogP) is 5.36. The first-order valence-electron chi connectivity index (χ1n) is 6.88. The summed E-state index contributed by atoms with van der Waals surface area (Å²) in [7, 11) is 0. The number of fused-ring (bicyclic) bond motifs is 2. The normalized spacial score (nSPS) is 11.4. The molecule has 0 saturated heterocycles. The smallest absolute Gasteiger partial charge is 0.246 e. The number of rotatable bonds is 1. The zero-order valence-electron chi connectivity index (χ0n) is 12.0. The molecule has 0 atom stereocenters. The highest BCUT2D eigenvalue weighted by atomic mass is 35.5. The molecule has 4 rings (SSSR count). The summed E-state index contributed by atoms with van der Waals surface area (Å²) in [5.74, 6) is 0.267. The Balaban J connectivity index is 1.95. The van der Waals surface area contributed by atoms with Crippen LogP contribution in [0.1, 0.15) is 5.56 Å². The second-order valence-electron chi connectivity index (χ2n) is 5.27. The summed E-state index contributed by atoms with van der Waals surface area (Å²) in [5, 5.41) is 11.3. The van der Waals surface area contributed by atoms with Gasteiger partial charge in [0.15, 0.2) is 11.3 Å². The fourth-order valence-corrected chi connectivity index (χ4v) is 2.99. The van der Waals surface area contributed by atoms with Gasteiger partial charge in [0.05, 0.1) is 10.0 Å². The lowest BCUT2D eigenvalue weighted by molar-refractivity contribution is 0.480. The number of phenolic OH excluding ortho intramolecular Hbond substituents is 1. The summed E-state index contributed by atoms with van der Waals surface area (Å²) in [6, 6.07) is 10.8. The van der Waals surface area contributed by atoms with Gasteiger partial charge < -0.3 is 9.52 Å². The Bertz CT molecular complexity index is 1070. The molecule has 2 aromatic carbocycles. The van der Waals surface area contributed by atoms with Crippen LogP contribution in [-0.2, 0) is 0 Å². The van der Waals surface area contributed by atoms with E-state index < -0.39 is 0 Å². The highest BCUT2D eigenvalue weighted by Gasteiger charge is 2.15. The molecule has 0 aliphatic heterocycles. The Kier molecular flexibility index (Phi) is 3.18. The van der Waals surface area contributed by atoms with Crippen LogP contribution in [0.5, 0.6) is 5.75 Å². The van der Waals surface area contributed by atoms with Crippen LogP contribution in [0.25, 0.3) is 33.6 Å². The maximum absolute atomic E-state index is 10.1. The van der Waals surface area contributed by atoms with E-state index in [-0.39, 0.29) is 10.8 Å². The minimum absolute atomic E-state index is 0.111. The van der Waals surface area contributed by atoms with E-state index in [2.05, 4.69) is 9.97 Å². The molecule has 0 radical (unpaired) electrons. The molecular formula is C17H10Cl2N2O2. The summed E-state index contributed by atoms with van der Waals surface area (Å²) in [4.78, 5) is 8.86. The molecule has 0 bridgehead atoms. The van der Waals surface area contributed by atoms with Gasteiger partial charge in [-0.1, -0.05) is 29.3 Å². The second kappa shape index (κ2) is 5.11. The monoisotopic (exact) mass is 344 g/mol. The Morgan fingerprint density at radius 3 is 2.65 bits per heavy atom. The summed E-state index contributed by atoms with van der Waals surface area (Å²) in [6.07, 6.45) is 0. The summed E-state index contributed by atoms with van der Waals surface area (Å²) < 4.78 is 5.74. The number of oxazole rings is 1. The van der Waals surface area contributed by atoms with E-state index >= 15 is 0 Å². The number of aromatic nitrogens is 2. The minimum atomic E-state index is -0.111. The van der Waals surface area contributed by atoms with Gasteiger partial charge in [-0.25, -0.2) is 9.97 Å². The summed E-state index contributed by atoms with van der Waals surface area (Å²) >= 11 is 12.1. The molecule has 0 amide bonds. The van der Waals surface area contributed by atoms with Crippen LogP contribution in [0.3, 0.4) is 0 Å². The van der Waals surface area contributed by atoms with Crippen molar-refractivity contribution in [2.45, 2.75) is 6.92 Å². The second-order valence-corrected chi connectivity index (χ2v) is 6.09. The minimum Gasteiger partial charge on any atom is -0.504 e. The topological polar surface area (TPSA) is 59.2 Å². The molecule has 0 aliphatic carbocycles. The first-order valence-corrected chi connectivity index (χ1v) is 7.64. The third kappa shape index (κ3) is 2.31. The lowest BCUT2D eigenvalue weighted by Crippen LogP contribution is -1.87. The SMILES string of the molecule is Cc1ccc2oc(-c3ccc4c(Cl)cc(Cl)c(O)c4n3)nc2c1. The van der Waals surface area contributed by atoms with E-state index in [1.165, 1.54) is 6.07 Å². The summed E-state index contributed by atoms with van der Waals surface area (Å²) in [6.45, 7) is 1.99. The first kappa shape index (κ1) is 14.3. The van der Waals surface area contributed by atoms with Crippen molar-refractivity contribution in [1.29, 1.82) is 0 Å². The number of hydrogen-bond acceptors (Lipinski definition) is 4. The Morgan fingerprint density at radius 1 is 1.00 bits per heavy atom. The van der Waals surface area contributed by atoms with E-state index in [0.717, 1.165) is 11.1 Å². The molecular weight excluding hydrogens is 335 g/mol. The van der Waals surface area contributed by atoms with Crippen molar-refractivity contribution in [3.63, 3.8) is 0 Å². The fourth-order valence-electron chi connectivity index (χ4n) is 2.47. The third-order valence-corrected chi connectivity index (χ3v) is 4.22. The zero-order valence-corrected chi connectivity index (χ0v) is 13.5. The van der Waals surface area contributed by atoms with Crippen LogP contribution in [0.15, 0.2) is 40.8 Å². The van der Waals surface area contributed by atoms with E-state index in [1.54, 1.807) is 12.1 Å². The zero-order chi connectivity index (χ0) is 16.1. The molecule has 23 heavy (non-hydrogen) atoms. The number of aromatic hydroxyl groups is 1. The average Bonchev–Trinajstić information content (AvgIpc) is 2.95. The molecule has 2 heterocycles. The van der Waals surface area contributed by atoms with E-state index in [1.807, 2.05) is 25.1 Å². The molecule has 2 aromatic heterocycles. The van der Waals surface area contributed by atoms with Crippen molar-refractivity contribution in [1.82, 2.24) is 9.97 Å². The molecule has 0 aliphatic rings. The van der Waals surface area contributed by atoms with Gasteiger partial charge in [-0.15, -0.1) is 0 Å². The van der Waals surface area contributed by atoms with Crippen LogP contribution in [0.2, 0.25) is 10.0 Å². The quantitative estimate of drug-likeness (QED) is 0.504. The van der Waals surface area contributed by atoms with Gasteiger partial charge in [0.25, 0.3) is 0 Å². The predicted molar refractivity (Wildman–Crippen MR) is 91.2 cm³/mol. The number of hydrogen-bond donors (Lipinski definition) is 1. The first-order chi connectivity index (χ1) is 11.0. The van der Waals surface area contributed by atoms with Gasteiger partial charge in [0.2, 0.25) is 5.89 Å².